The van der Waals surface area contributed by atoms with E-state index in [9.17, 15) is 52.5 Å². The van der Waals surface area contributed by atoms with Crippen LogP contribution in [0.4, 0.5) is 11.6 Å². The van der Waals surface area contributed by atoms with Crippen molar-refractivity contribution in [2.45, 2.75) is 169 Å². The van der Waals surface area contributed by atoms with Gasteiger partial charge in [-0.2, -0.15) is 7.11 Å². The predicted octanol–water partition coefficient (Wildman–Crippen LogP) is 7.87. The first kappa shape index (κ1) is 124. The van der Waals surface area contributed by atoms with Crippen LogP contribution < -0.4 is 76.5 Å². The number of aromatic amines is 4. The van der Waals surface area contributed by atoms with E-state index in [4.69, 9.17) is 114 Å². The maximum Gasteiger partial charge on any atom is 1.00 e. The van der Waals surface area contributed by atoms with Gasteiger partial charge in [0.1, 0.15) is 45.8 Å². The molecule has 7 heterocycles. The van der Waals surface area contributed by atoms with Gasteiger partial charge in [0.15, 0.2) is 14.7 Å². The molecule has 0 radical (unpaired) electrons. The van der Waals surface area contributed by atoms with Gasteiger partial charge in [0.05, 0.1) is 94.9 Å². The number of ether oxygens (including phenoxy) is 8. The van der Waals surface area contributed by atoms with Crippen molar-refractivity contribution >= 4 is 182 Å². The zero-order valence-electron chi connectivity index (χ0n) is 76.4. The number of H-pyrrole nitrogens is 4. The average molecular weight is 2050 g/mol. The molecule has 2 aromatic carbocycles. The molecule has 2 saturated heterocycles. The number of thiocarbonyl (C=S) groups is 1. The van der Waals surface area contributed by atoms with Crippen LogP contribution >= 0.6 is 110 Å². The Kier molecular flexibility index (Phi) is 61.2. The van der Waals surface area contributed by atoms with E-state index in [1.165, 1.54) is 53.6 Å². The third-order valence-corrected chi connectivity index (χ3v) is 20.0. The minimum atomic E-state index is -3.22. The van der Waals surface area contributed by atoms with Crippen LogP contribution in [0.1, 0.15) is 170 Å². The smallest absolute Gasteiger partial charge is 0.857 e. The number of hydrogen-bond acceptors (Lipinski definition) is 34. The molecule has 2 aliphatic heterocycles. The number of aliphatic carboxylic acids is 1. The molecule has 0 amide bonds. The van der Waals surface area contributed by atoms with Crippen molar-refractivity contribution in [3.05, 3.63) is 168 Å². The minimum absolute atomic E-state index is 0. The Labute approximate surface area is 832 Å². The summed E-state index contributed by atoms with van der Waals surface area (Å²) in [5.74, 6) is 0.909. The van der Waals surface area contributed by atoms with Gasteiger partial charge in [-0.3, -0.25) is 62.5 Å². The molecule has 11 rings (SSSR count). The average Bonchev–Trinajstić information content (AvgIpc) is 1.68. The van der Waals surface area contributed by atoms with Gasteiger partial charge in [-0.05, 0) is 228 Å². The summed E-state index contributed by atoms with van der Waals surface area (Å²) in [6.07, 6.45) is 8.12. The number of nitrogens with two attached hydrogens (primary N) is 2. The Hall–Kier alpha value is -8.40. The Morgan fingerprint density at radius 1 is 0.545 bits per heavy atom. The number of carboxylic acids is 1. The number of piperidine rings is 2. The number of carbonyl (C=O) groups excluding carboxylic acids is 7. The molecule has 1 atom stereocenters. The Bertz CT molecular complexity index is 5170. The van der Waals surface area contributed by atoms with Gasteiger partial charge in [0.25, 0.3) is 11.1 Å². The van der Waals surface area contributed by atoms with E-state index in [-0.39, 0.29) is 147 Å². The summed E-state index contributed by atoms with van der Waals surface area (Å²) in [7, 11) is 9.71. The van der Waals surface area contributed by atoms with Crippen molar-refractivity contribution < 1.29 is 136 Å². The maximum atomic E-state index is 12.0. The second kappa shape index (κ2) is 65.3. The summed E-state index contributed by atoms with van der Waals surface area (Å²) in [5.41, 5.74) is 17.0. The number of carboxylic acid groups (broad SMARTS) is 1. The summed E-state index contributed by atoms with van der Waals surface area (Å²) in [4.78, 5) is 152. The van der Waals surface area contributed by atoms with E-state index in [2.05, 4.69) is 144 Å². The van der Waals surface area contributed by atoms with Gasteiger partial charge in [-0.1, -0.05) is 60.8 Å². The number of halogens is 6. The molecule has 50 heteroatoms. The van der Waals surface area contributed by atoms with E-state index in [1.54, 1.807) is 48.8 Å². The molecule has 5 aromatic heterocycles. The summed E-state index contributed by atoms with van der Waals surface area (Å²) < 4.78 is 48.8. The number of para-hydroxylation sites is 2. The molecule has 12 N–H and O–H groups in total. The number of Topliss-reactive ketones (excluding diaryl/α,β-unsaturated/α-hetero) is 1. The number of hydrogen-bond donors (Lipinski definition) is 10. The molecule has 724 valence electrons. The van der Waals surface area contributed by atoms with E-state index < -0.39 is 53.5 Å². The molecule has 2 saturated carbocycles. The maximum absolute atomic E-state index is 12.0. The number of benzene rings is 2. The number of methoxy groups -OCH3 is 7. The van der Waals surface area contributed by atoms with Crippen molar-refractivity contribution in [3.63, 3.8) is 0 Å². The van der Waals surface area contributed by atoms with Crippen molar-refractivity contribution in [2.24, 2.45) is 17.4 Å². The summed E-state index contributed by atoms with van der Waals surface area (Å²) in [5, 5.41) is 38.0. The molecule has 1 unspecified atom stereocenters. The molecule has 0 bridgehead atoms. The van der Waals surface area contributed by atoms with Crippen LogP contribution in [-0.2, 0) is 103 Å². The third-order valence-electron chi connectivity index (χ3n) is 18.9. The monoisotopic (exact) mass is 2050 g/mol. The number of aliphatic hydroxyl groups is 1. The molecular formula is C82H113BCl6N14NaO24PS3. The number of rotatable bonds is 23. The summed E-state index contributed by atoms with van der Waals surface area (Å²) in [6.45, 7) is 17.3. The van der Waals surface area contributed by atoms with Crippen LogP contribution in [0, 0.1) is 50.1 Å². The first-order valence-corrected chi connectivity index (χ1v) is 46.8. The Morgan fingerprint density at radius 3 is 1.21 bits per heavy atom. The molecule has 2 aliphatic carbocycles. The number of esters is 6. The largest absolute Gasteiger partial charge is 1.00 e. The number of aryl methyl sites for hydroxylation is 5. The van der Waals surface area contributed by atoms with Gasteiger partial charge in [-0.15, -0.1) is 0 Å². The number of nitrogens with zero attached hydrogens (tertiary/aromatic N) is 8. The first-order valence-electron chi connectivity index (χ1n) is 40.0. The topological polar surface area (TPSA) is 565 Å². The second-order valence-electron chi connectivity index (χ2n) is 28.1. The number of nitrogens with one attached hydrogen (secondary N) is 4. The van der Waals surface area contributed by atoms with Crippen molar-refractivity contribution in [1.82, 2.24) is 49.8 Å². The predicted molar refractivity (Wildman–Crippen MR) is 505 cm³/mol. The second-order valence-corrected chi connectivity index (χ2v) is 37.1. The summed E-state index contributed by atoms with van der Waals surface area (Å²) >= 11 is 44.9. The van der Waals surface area contributed by atoms with Crippen molar-refractivity contribution in [2.75, 3.05) is 106 Å². The van der Waals surface area contributed by atoms with Crippen LogP contribution in [0.15, 0.2) is 58.1 Å². The number of carbonyl (C=O) groups is 8. The zero-order valence-corrected chi connectivity index (χ0v) is 86.2. The molecule has 4 aliphatic rings. The number of ketones is 1. The van der Waals surface area contributed by atoms with Crippen LogP contribution in [0.5, 0.6) is 11.5 Å². The minimum Gasteiger partial charge on any atom is -0.857 e. The fraction of sp³-hybridized carbons (Fsp3) is 0.500. The van der Waals surface area contributed by atoms with E-state index >= 15 is 0 Å². The quantitative estimate of drug-likeness (QED) is 0.00425. The molecule has 0 spiro atoms. The molecule has 7 aromatic rings. The number of anilines is 2. The van der Waals surface area contributed by atoms with Crippen LogP contribution in [0.25, 0.3) is 0 Å². The Balaban J connectivity index is 0.00000153. The van der Waals surface area contributed by atoms with Crippen LogP contribution in [0.2, 0.25) is 21.5 Å². The van der Waals surface area contributed by atoms with Crippen LogP contribution in [0.3, 0.4) is 0 Å². The fourth-order valence-electron chi connectivity index (χ4n) is 12.2. The van der Waals surface area contributed by atoms with Gasteiger partial charge in [0.2, 0.25) is 10.6 Å². The normalized spacial score (nSPS) is 12.9. The number of aromatic nitrogens is 10. The molecular weight excluding hydrogens is 1940 g/mol. The van der Waals surface area contributed by atoms with E-state index in [1.807, 2.05) is 44.2 Å². The molecule has 4 fully saturated rings. The first-order chi connectivity index (χ1) is 61.7. The van der Waals surface area contributed by atoms with Gasteiger partial charge < -0.3 is 94.5 Å². The van der Waals surface area contributed by atoms with E-state index in [0.29, 0.717) is 51.7 Å². The third kappa shape index (κ3) is 47.7. The van der Waals surface area contributed by atoms with Crippen LogP contribution in [-0.4, -0.2) is 226 Å². The van der Waals surface area contributed by atoms with Gasteiger partial charge >= 0.3 is 83.7 Å². The SMILES string of the molecule is CCO.CCOC(=O)CC(C(C)=O)C(=O)OC.COC(=O)Cc1c(C)[nH]c(=S)[nH]c1=O.COC(=O)Cc1c(C)nc(C2CC2)nc1N1CCC(c2ccccc2OC)CC1.COC(=O)Cc1c(C)nc(Cl)nc1Cl.COC(=O)Cc1c(C)nc(Cl)nc1N1CCC(c2ccccc2OC)CC1.C[O-].Cc1[nH]c(=S)[nH]c(=O)c1CC(=O)O.NC(N)=S.O=P(Cl)(Cl)Cl.OB(O)C1CC1.[Na+]. The van der Waals surface area contributed by atoms with Crippen molar-refractivity contribution in [1.29, 1.82) is 0 Å². The fourth-order valence-corrected chi connectivity index (χ4v) is 13.4. The van der Waals surface area contributed by atoms with Gasteiger partial charge in [-0.25, -0.2) is 29.9 Å². The van der Waals surface area contributed by atoms with E-state index in [0.717, 1.165) is 130 Å². The molecule has 132 heavy (non-hydrogen) atoms. The zero-order chi connectivity index (χ0) is 99.7. The van der Waals surface area contributed by atoms with Crippen molar-refractivity contribution in [3.8, 4) is 11.5 Å². The molecule has 38 nitrogen and oxygen atoms in total. The standard InChI is InChI=1S/C23H29N3O3.C20H24ClN3O3.C9H14O5.C8H8Cl2N2O2.C8H10N2O3S.C7H8N2O3S.C3H7BO2.C2H6O.CH4N2S.CH3O.Cl3OP.Na/c1-15-19(14-21(27)29-3)23(25-22(24-15)17-8-9-17)26-12-10-16(11-13-26)18-6-4-5-7-20(18)28-2;1-13-16(12-18(25)27-3)19(23-20(21)22-13)24-10-8-14(9-11-24)15-6-4-5-7-17(15)26-2;1-4-14-8(11)5-7(6(2)10)9(12)13-3;1-4-5(3-6(13)14-2)7(9)12-8(10)11-4;1-4-5(3-6(11)13-2)7(12)10-8(14)9-4;1-3-4(2-5(10)11)6(12)9-7(13)8-3;5-4(6)3-1-2-3;1-2-3;2-1(3)4;1-2;1-5(2,3)4;/h4-7,16-17H,8-14H2,1-3H3;4-7,14H,8-12H2,1-3H3;7H,4-5H2,1-3H3;3H2,1-2H3;3H2,1-2H3,(H2,9,10,12,14);2H2,1H3,(H,10,11)(H2,8,9,12,13);3,5-6H,1-2H2;3H,2H2,1H3;(H4,2,3,4);1H3;;/q;;;;;;;;;-1;;+1. The Morgan fingerprint density at radius 2 is 0.894 bits per heavy atom. The van der Waals surface area contributed by atoms with Gasteiger partial charge in [0, 0.05) is 95.0 Å². The summed E-state index contributed by atoms with van der Waals surface area (Å²) in [6, 6.07) is 16.5. The number of aliphatic hydroxyl groups excluding tert-OH is 1.